The zero-order chi connectivity index (χ0) is 18.8. The molecule has 0 radical (unpaired) electrons. The van der Waals surface area contributed by atoms with Crippen molar-refractivity contribution in [3.63, 3.8) is 0 Å². The van der Waals surface area contributed by atoms with E-state index in [2.05, 4.69) is 10.3 Å². The number of hydrogen-bond donors (Lipinski definition) is 1. The van der Waals surface area contributed by atoms with Crippen molar-refractivity contribution in [3.05, 3.63) is 94.8 Å². The number of benzene rings is 2. The van der Waals surface area contributed by atoms with Crippen LogP contribution >= 0.6 is 0 Å². The fraction of sp³-hybridized carbons (Fsp3) is 0.0952. The van der Waals surface area contributed by atoms with Gasteiger partial charge in [-0.2, -0.15) is 0 Å². The van der Waals surface area contributed by atoms with Gasteiger partial charge in [0.1, 0.15) is 12.4 Å². The maximum absolute atomic E-state index is 12.7. The molecule has 2 aromatic carbocycles. The molecule has 0 fully saturated rings. The van der Waals surface area contributed by atoms with Gasteiger partial charge in [0.25, 0.3) is 5.91 Å². The number of fused-ring (bicyclic) bond motifs is 2. The minimum atomic E-state index is -1.28. The number of aromatic nitrogens is 1. The smallest absolute Gasteiger partial charge is 0.545 e. The standard InChI is InChI=1S/C21H16N2O4.Na/c24-20(14-5-3-9-22-11-14)23-19-16-6-2-1-4-15(16)12-27-18-8-7-13(21(25)26)10-17(18)19;/h1-11,19H,12H2,(H,23,24)(H,25,26);/q;+1/p-1. The molecule has 6 nitrogen and oxygen atoms in total. The average Bonchev–Trinajstić information content (AvgIpc) is 2.85. The Morgan fingerprint density at radius 3 is 2.61 bits per heavy atom. The zero-order valence-corrected chi connectivity index (χ0v) is 17.2. The Hall–Kier alpha value is -2.67. The summed E-state index contributed by atoms with van der Waals surface area (Å²) in [7, 11) is 0. The topological polar surface area (TPSA) is 91.3 Å². The van der Waals surface area contributed by atoms with Crippen molar-refractivity contribution in [2.75, 3.05) is 0 Å². The number of nitrogens with one attached hydrogen (secondary N) is 1. The molecule has 1 N–H and O–H groups in total. The van der Waals surface area contributed by atoms with E-state index in [9.17, 15) is 14.7 Å². The molecule has 28 heavy (non-hydrogen) atoms. The average molecular weight is 382 g/mol. The van der Waals surface area contributed by atoms with Gasteiger partial charge in [0.05, 0.1) is 17.6 Å². The van der Waals surface area contributed by atoms with Crippen LogP contribution in [0.15, 0.2) is 67.0 Å². The molecule has 1 aliphatic heterocycles. The Balaban J connectivity index is 0.00000225. The van der Waals surface area contributed by atoms with Gasteiger partial charge in [-0.05, 0) is 47.0 Å². The van der Waals surface area contributed by atoms with Crippen molar-refractivity contribution >= 4 is 11.9 Å². The van der Waals surface area contributed by atoms with Crippen LogP contribution in [0.4, 0.5) is 0 Å². The third kappa shape index (κ3) is 3.94. The van der Waals surface area contributed by atoms with Gasteiger partial charge < -0.3 is 20.0 Å². The number of pyridine rings is 1. The summed E-state index contributed by atoms with van der Waals surface area (Å²) in [5.41, 5.74) is 2.78. The van der Waals surface area contributed by atoms with E-state index in [-0.39, 0.29) is 41.0 Å². The van der Waals surface area contributed by atoms with Crippen LogP contribution in [0.1, 0.15) is 43.4 Å². The maximum Gasteiger partial charge on any atom is 1.00 e. The quantitative estimate of drug-likeness (QED) is 0.579. The normalized spacial score (nSPS) is 14.4. The number of hydrogen-bond acceptors (Lipinski definition) is 5. The maximum atomic E-state index is 12.7. The van der Waals surface area contributed by atoms with Crippen molar-refractivity contribution in [1.82, 2.24) is 10.3 Å². The molecule has 1 aliphatic rings. The Kier molecular flexibility index (Phi) is 6.14. The second kappa shape index (κ2) is 8.56. The van der Waals surface area contributed by atoms with Crippen LogP contribution in [0.3, 0.4) is 0 Å². The summed E-state index contributed by atoms with van der Waals surface area (Å²) in [6.45, 7) is 0.326. The first-order chi connectivity index (χ1) is 13.1. The number of amides is 1. The molecule has 134 valence electrons. The first kappa shape index (κ1) is 20.1. The molecule has 0 aliphatic carbocycles. The van der Waals surface area contributed by atoms with Crippen molar-refractivity contribution in [2.45, 2.75) is 12.6 Å². The van der Waals surface area contributed by atoms with E-state index in [1.165, 1.54) is 18.3 Å². The minimum absolute atomic E-state index is 0. The molecule has 0 saturated carbocycles. The van der Waals surface area contributed by atoms with Crippen molar-refractivity contribution in [2.24, 2.45) is 0 Å². The number of carboxylic acid groups (broad SMARTS) is 1. The third-order valence-corrected chi connectivity index (χ3v) is 4.50. The monoisotopic (exact) mass is 382 g/mol. The molecular weight excluding hydrogens is 367 g/mol. The van der Waals surface area contributed by atoms with Crippen LogP contribution < -0.4 is 44.7 Å². The van der Waals surface area contributed by atoms with Crippen molar-refractivity contribution < 1.29 is 49.0 Å². The number of aromatic carboxylic acids is 1. The van der Waals surface area contributed by atoms with Crippen LogP contribution in [0, 0.1) is 0 Å². The van der Waals surface area contributed by atoms with Gasteiger partial charge in [0.2, 0.25) is 0 Å². The summed E-state index contributed by atoms with van der Waals surface area (Å²) >= 11 is 0. The third-order valence-electron chi connectivity index (χ3n) is 4.50. The van der Waals surface area contributed by atoms with E-state index in [1.54, 1.807) is 24.4 Å². The summed E-state index contributed by atoms with van der Waals surface area (Å²) in [4.78, 5) is 28.0. The molecule has 7 heteroatoms. The van der Waals surface area contributed by atoms with E-state index in [4.69, 9.17) is 4.74 Å². The van der Waals surface area contributed by atoms with Gasteiger partial charge in [-0.1, -0.05) is 24.3 Å². The summed E-state index contributed by atoms with van der Waals surface area (Å²) in [5, 5.41) is 14.3. The summed E-state index contributed by atoms with van der Waals surface area (Å²) in [6.07, 6.45) is 3.07. The number of carbonyl (C=O) groups excluding carboxylic acids is 2. The van der Waals surface area contributed by atoms with E-state index >= 15 is 0 Å². The second-order valence-corrected chi connectivity index (χ2v) is 6.18. The Labute approximate surface area is 183 Å². The SMILES string of the molecule is O=C([O-])c1ccc2c(c1)C(NC(=O)c1cccnc1)c1ccccc1CO2.[Na+]. The molecule has 4 rings (SSSR count). The predicted molar refractivity (Wildman–Crippen MR) is 95.1 cm³/mol. The fourth-order valence-electron chi connectivity index (χ4n) is 3.17. The van der Waals surface area contributed by atoms with Crippen molar-refractivity contribution in [3.8, 4) is 5.75 Å². The van der Waals surface area contributed by atoms with Gasteiger partial charge in [0.15, 0.2) is 0 Å². The fourth-order valence-corrected chi connectivity index (χ4v) is 3.17. The Morgan fingerprint density at radius 1 is 1.04 bits per heavy atom. The number of carboxylic acids is 1. The van der Waals surface area contributed by atoms with E-state index in [0.29, 0.717) is 23.5 Å². The first-order valence-corrected chi connectivity index (χ1v) is 8.40. The molecule has 0 saturated heterocycles. The second-order valence-electron chi connectivity index (χ2n) is 6.18. The van der Waals surface area contributed by atoms with Crippen LogP contribution in [-0.2, 0) is 6.61 Å². The molecule has 1 unspecified atom stereocenters. The zero-order valence-electron chi connectivity index (χ0n) is 15.2. The Morgan fingerprint density at radius 2 is 1.86 bits per heavy atom. The Bertz CT molecular complexity index is 1020. The van der Waals surface area contributed by atoms with Gasteiger partial charge >= 0.3 is 29.6 Å². The number of nitrogens with zero attached hydrogens (tertiary/aromatic N) is 1. The van der Waals surface area contributed by atoms with Crippen molar-refractivity contribution in [1.29, 1.82) is 0 Å². The molecule has 2 heterocycles. The van der Waals surface area contributed by atoms with Gasteiger partial charge in [-0.25, -0.2) is 0 Å². The summed E-state index contributed by atoms with van der Waals surface area (Å²) < 4.78 is 5.85. The summed E-state index contributed by atoms with van der Waals surface area (Å²) in [5.74, 6) is -1.07. The van der Waals surface area contributed by atoms with E-state index in [1.807, 2.05) is 24.3 Å². The molecule has 1 amide bonds. The van der Waals surface area contributed by atoms with Gasteiger partial charge in [-0.3, -0.25) is 9.78 Å². The molecule has 3 aromatic rings. The molecule has 1 aromatic heterocycles. The molecule has 0 bridgehead atoms. The van der Waals surface area contributed by atoms with Crippen LogP contribution in [0.2, 0.25) is 0 Å². The molecular formula is C21H15N2NaO4. The van der Waals surface area contributed by atoms with Crippen LogP contribution in [0.5, 0.6) is 5.75 Å². The predicted octanol–water partition coefficient (Wildman–Crippen LogP) is -1.14. The van der Waals surface area contributed by atoms with Crippen LogP contribution in [-0.4, -0.2) is 16.9 Å². The molecule has 0 spiro atoms. The largest absolute Gasteiger partial charge is 1.00 e. The van der Waals surface area contributed by atoms with E-state index in [0.717, 1.165) is 11.1 Å². The number of ether oxygens (including phenoxy) is 1. The van der Waals surface area contributed by atoms with Gasteiger partial charge in [0, 0.05) is 18.0 Å². The van der Waals surface area contributed by atoms with E-state index < -0.39 is 12.0 Å². The number of rotatable bonds is 3. The van der Waals surface area contributed by atoms with Crippen LogP contribution in [0.25, 0.3) is 0 Å². The van der Waals surface area contributed by atoms with Gasteiger partial charge in [-0.15, -0.1) is 0 Å². The molecule has 1 atom stereocenters. The number of carbonyl (C=O) groups is 2. The minimum Gasteiger partial charge on any atom is -0.545 e. The summed E-state index contributed by atoms with van der Waals surface area (Å²) in [6, 6.07) is 14.9. The first-order valence-electron chi connectivity index (χ1n) is 8.40.